The van der Waals surface area contributed by atoms with Crippen molar-refractivity contribution in [3.8, 4) is 0 Å². The highest BCUT2D eigenvalue weighted by atomic mass is 16.6. The van der Waals surface area contributed by atoms with Crippen LogP contribution < -0.4 is 5.73 Å². The van der Waals surface area contributed by atoms with E-state index in [2.05, 4.69) is 0 Å². The number of para-hydroxylation sites is 1. The lowest BCUT2D eigenvalue weighted by Crippen LogP contribution is -2.12. The van der Waals surface area contributed by atoms with Crippen LogP contribution >= 0.6 is 0 Å². The van der Waals surface area contributed by atoms with Crippen LogP contribution in [0.3, 0.4) is 0 Å². The third kappa shape index (κ3) is 3.51. The van der Waals surface area contributed by atoms with Crippen LogP contribution in [0.4, 0.5) is 10.5 Å². The molecule has 0 spiro atoms. The Morgan fingerprint density at radius 2 is 1.88 bits per heavy atom. The van der Waals surface area contributed by atoms with Crippen LogP contribution in [0.2, 0.25) is 0 Å². The number of hydrogen-bond acceptors (Lipinski definition) is 5. The molecule has 0 bridgehead atoms. The number of nitro benzene ring substituents is 1. The molecule has 128 valence electrons. The van der Waals surface area contributed by atoms with E-state index < -0.39 is 11.0 Å². The fraction of sp³-hybridized carbons (Fsp3) is 0.167. The Bertz CT molecular complexity index is 916. The quantitative estimate of drug-likeness (QED) is 0.568. The second-order valence-corrected chi connectivity index (χ2v) is 5.56. The molecule has 2 aromatic carbocycles. The maximum absolute atomic E-state index is 12.4. The molecule has 3 rings (SSSR count). The molecule has 7 nitrogen and oxygen atoms in total. The number of nitrogens with two attached hydrogens (primary N) is 1. The minimum Gasteiger partial charge on any atom is -0.444 e. The van der Waals surface area contributed by atoms with Gasteiger partial charge < -0.3 is 10.5 Å². The summed E-state index contributed by atoms with van der Waals surface area (Å²) in [5.74, 6) is 0. The Morgan fingerprint density at radius 3 is 2.56 bits per heavy atom. The van der Waals surface area contributed by atoms with Gasteiger partial charge in [0.25, 0.3) is 5.69 Å². The molecule has 0 fully saturated rings. The van der Waals surface area contributed by atoms with Crippen LogP contribution in [-0.4, -0.2) is 22.1 Å². The molecule has 7 heteroatoms. The maximum atomic E-state index is 12.4. The van der Waals surface area contributed by atoms with E-state index in [0.29, 0.717) is 18.5 Å². The predicted molar refractivity (Wildman–Crippen MR) is 93.4 cm³/mol. The van der Waals surface area contributed by atoms with Crippen LogP contribution in [0.5, 0.6) is 0 Å². The highest BCUT2D eigenvalue weighted by molar-refractivity contribution is 5.91. The van der Waals surface area contributed by atoms with Crippen molar-refractivity contribution in [1.29, 1.82) is 0 Å². The van der Waals surface area contributed by atoms with E-state index >= 15 is 0 Å². The summed E-state index contributed by atoms with van der Waals surface area (Å²) >= 11 is 0. The van der Waals surface area contributed by atoms with Gasteiger partial charge in [0.05, 0.1) is 10.4 Å². The number of carbonyl (C=O) groups is 1. The first-order valence-electron chi connectivity index (χ1n) is 7.79. The number of fused-ring (bicyclic) bond motifs is 1. The Hall–Kier alpha value is -3.19. The van der Waals surface area contributed by atoms with Gasteiger partial charge in [-0.15, -0.1) is 0 Å². The van der Waals surface area contributed by atoms with Crippen LogP contribution in [0.15, 0.2) is 54.7 Å². The number of nitro groups is 1. The normalized spacial score (nSPS) is 10.8. The second-order valence-electron chi connectivity index (χ2n) is 5.56. The van der Waals surface area contributed by atoms with E-state index in [1.165, 1.54) is 16.7 Å². The summed E-state index contributed by atoms with van der Waals surface area (Å²) in [6.07, 6.45) is 1.91. The Labute approximate surface area is 143 Å². The van der Waals surface area contributed by atoms with Crippen molar-refractivity contribution in [3.05, 3.63) is 76.0 Å². The molecule has 2 N–H and O–H groups in total. The van der Waals surface area contributed by atoms with Crippen molar-refractivity contribution in [1.82, 2.24) is 4.57 Å². The number of non-ortho nitro benzene ring substituents is 1. The number of aromatic nitrogens is 1. The molecule has 3 aromatic rings. The zero-order valence-electron chi connectivity index (χ0n) is 13.4. The first-order valence-corrected chi connectivity index (χ1v) is 7.79. The molecule has 0 unspecified atom stereocenters. The highest BCUT2D eigenvalue weighted by Gasteiger charge is 2.14. The molecule has 25 heavy (non-hydrogen) atoms. The molecule has 0 atom stereocenters. The molecule has 0 saturated carbocycles. The summed E-state index contributed by atoms with van der Waals surface area (Å²) in [6, 6.07) is 13.5. The van der Waals surface area contributed by atoms with E-state index in [9.17, 15) is 14.9 Å². The molecule has 1 heterocycles. The summed E-state index contributed by atoms with van der Waals surface area (Å²) in [4.78, 5) is 22.6. The largest absolute Gasteiger partial charge is 0.444 e. The minimum absolute atomic E-state index is 0.00194. The Morgan fingerprint density at radius 1 is 1.16 bits per heavy atom. The lowest BCUT2D eigenvalue weighted by Gasteiger charge is -2.06. The first kappa shape index (κ1) is 16.7. The molecular formula is C18H17N3O4. The minimum atomic E-state index is -0.502. The number of ether oxygens (including phenoxy) is 1. The van der Waals surface area contributed by atoms with Crippen LogP contribution in [0.1, 0.15) is 11.1 Å². The Balaban J connectivity index is 1.77. The smallest absolute Gasteiger partial charge is 0.418 e. The van der Waals surface area contributed by atoms with Gasteiger partial charge in [0, 0.05) is 23.7 Å². The van der Waals surface area contributed by atoms with Gasteiger partial charge in [-0.3, -0.25) is 14.7 Å². The van der Waals surface area contributed by atoms with Crippen molar-refractivity contribution >= 4 is 22.7 Å². The van der Waals surface area contributed by atoms with Crippen LogP contribution in [-0.2, 0) is 17.8 Å². The SMILES string of the molecule is NCCc1cn(C(=O)OCc2ccc([N+](=O)[O-])cc2)c2ccccc12. The van der Waals surface area contributed by atoms with Crippen LogP contribution in [0, 0.1) is 10.1 Å². The molecule has 0 radical (unpaired) electrons. The standard InChI is InChI=1S/C18H17N3O4/c19-10-9-14-11-20(17-4-2-1-3-16(14)17)18(22)25-12-13-5-7-15(8-6-13)21(23)24/h1-8,11H,9-10,12,19H2. The van der Waals surface area contributed by atoms with E-state index in [0.717, 1.165) is 16.5 Å². The zero-order valence-corrected chi connectivity index (χ0v) is 13.4. The number of hydrogen-bond donors (Lipinski definition) is 1. The fourth-order valence-corrected chi connectivity index (χ4v) is 2.68. The van der Waals surface area contributed by atoms with Gasteiger partial charge in [-0.05, 0) is 42.3 Å². The third-order valence-corrected chi connectivity index (χ3v) is 3.91. The summed E-state index contributed by atoms with van der Waals surface area (Å²) < 4.78 is 6.80. The average molecular weight is 339 g/mol. The van der Waals surface area contributed by atoms with Gasteiger partial charge in [-0.1, -0.05) is 18.2 Å². The lowest BCUT2D eigenvalue weighted by molar-refractivity contribution is -0.384. The predicted octanol–water partition coefficient (Wildman–Crippen LogP) is 3.24. The maximum Gasteiger partial charge on any atom is 0.418 e. The molecule has 0 aliphatic carbocycles. The van der Waals surface area contributed by atoms with Crippen molar-refractivity contribution in [2.45, 2.75) is 13.0 Å². The summed E-state index contributed by atoms with van der Waals surface area (Å²) in [7, 11) is 0. The number of nitrogens with zero attached hydrogens (tertiary/aromatic N) is 2. The van der Waals surface area contributed by atoms with Gasteiger partial charge in [0.2, 0.25) is 0 Å². The molecular weight excluding hydrogens is 322 g/mol. The number of rotatable bonds is 5. The summed E-state index contributed by atoms with van der Waals surface area (Å²) in [5, 5.41) is 11.6. The van der Waals surface area contributed by atoms with Crippen molar-refractivity contribution in [2.75, 3.05) is 6.54 Å². The van der Waals surface area contributed by atoms with Gasteiger partial charge >= 0.3 is 6.09 Å². The van der Waals surface area contributed by atoms with Gasteiger partial charge in [-0.25, -0.2) is 4.79 Å². The number of benzene rings is 2. The molecule has 0 aliphatic rings. The summed E-state index contributed by atoms with van der Waals surface area (Å²) in [5.41, 5.74) is 8.06. The van der Waals surface area contributed by atoms with Gasteiger partial charge in [0.1, 0.15) is 6.61 Å². The first-order chi connectivity index (χ1) is 12.1. The average Bonchev–Trinajstić information content (AvgIpc) is 2.99. The molecule has 0 amide bonds. The third-order valence-electron chi connectivity index (χ3n) is 3.91. The second kappa shape index (κ2) is 7.14. The van der Waals surface area contributed by atoms with Gasteiger partial charge in [-0.2, -0.15) is 0 Å². The Kier molecular flexibility index (Phi) is 4.76. The topological polar surface area (TPSA) is 100 Å². The van der Waals surface area contributed by atoms with Gasteiger partial charge in [0.15, 0.2) is 0 Å². The number of carbonyl (C=O) groups excluding carboxylic acids is 1. The van der Waals surface area contributed by atoms with E-state index in [-0.39, 0.29) is 12.3 Å². The van der Waals surface area contributed by atoms with Crippen molar-refractivity contribution in [3.63, 3.8) is 0 Å². The highest BCUT2D eigenvalue weighted by Crippen LogP contribution is 2.22. The van der Waals surface area contributed by atoms with Crippen LogP contribution in [0.25, 0.3) is 10.9 Å². The fourth-order valence-electron chi connectivity index (χ4n) is 2.68. The lowest BCUT2D eigenvalue weighted by atomic mass is 10.1. The van der Waals surface area contributed by atoms with E-state index in [1.807, 2.05) is 24.3 Å². The van der Waals surface area contributed by atoms with E-state index in [4.69, 9.17) is 10.5 Å². The molecule has 1 aromatic heterocycles. The van der Waals surface area contributed by atoms with Crippen molar-refractivity contribution < 1.29 is 14.5 Å². The van der Waals surface area contributed by atoms with E-state index in [1.54, 1.807) is 18.3 Å². The molecule has 0 aliphatic heterocycles. The molecule has 0 saturated heterocycles. The van der Waals surface area contributed by atoms with Crippen molar-refractivity contribution in [2.24, 2.45) is 5.73 Å². The summed E-state index contributed by atoms with van der Waals surface area (Å²) in [6.45, 7) is 0.529. The monoisotopic (exact) mass is 339 g/mol. The zero-order chi connectivity index (χ0) is 17.8.